The zero-order chi connectivity index (χ0) is 23.8. The second-order valence-electron chi connectivity index (χ2n) is 8.24. The summed E-state index contributed by atoms with van der Waals surface area (Å²) in [4.78, 5) is 0. The summed E-state index contributed by atoms with van der Waals surface area (Å²) in [5.74, 6) is 2.05. The Morgan fingerprint density at radius 2 is 1.79 bits per heavy atom. The summed E-state index contributed by atoms with van der Waals surface area (Å²) >= 11 is 5.44. The predicted molar refractivity (Wildman–Crippen MR) is 139 cm³/mol. The van der Waals surface area contributed by atoms with E-state index in [2.05, 4.69) is 15.8 Å². The summed E-state index contributed by atoms with van der Waals surface area (Å²) in [6, 6.07) is 17.8. The van der Waals surface area contributed by atoms with Crippen LogP contribution in [-0.2, 0) is 0 Å². The van der Waals surface area contributed by atoms with E-state index in [-0.39, 0.29) is 0 Å². The maximum atomic E-state index is 6.31. The summed E-state index contributed by atoms with van der Waals surface area (Å²) < 4.78 is 13.6. The Hall–Kier alpha value is -3.39. The summed E-state index contributed by atoms with van der Waals surface area (Å²) in [6.07, 6.45) is 7.79. The van der Waals surface area contributed by atoms with Crippen LogP contribution in [0, 0.1) is 6.92 Å². The zero-order valence-corrected chi connectivity index (χ0v) is 20.5. The van der Waals surface area contributed by atoms with Gasteiger partial charge in [0.05, 0.1) is 29.8 Å². The monoisotopic (exact) mass is 477 g/mol. The minimum Gasteiger partial charge on any atom is -0.494 e. The van der Waals surface area contributed by atoms with E-state index in [1.165, 1.54) is 19.3 Å². The van der Waals surface area contributed by atoms with Gasteiger partial charge in [0.15, 0.2) is 5.11 Å². The van der Waals surface area contributed by atoms with Crippen molar-refractivity contribution in [3.05, 3.63) is 65.9 Å². The molecule has 0 radical (unpaired) electrons. The van der Waals surface area contributed by atoms with Crippen molar-refractivity contribution < 1.29 is 9.47 Å². The first-order valence-corrected chi connectivity index (χ1v) is 12.2. The van der Waals surface area contributed by atoms with Crippen LogP contribution in [-0.4, -0.2) is 33.8 Å². The molecule has 7 nitrogen and oxygen atoms in total. The average molecular weight is 478 g/mol. The van der Waals surface area contributed by atoms with Crippen molar-refractivity contribution in [3.63, 3.8) is 0 Å². The minimum absolute atomic E-state index is 0.421. The van der Waals surface area contributed by atoms with Gasteiger partial charge in [0, 0.05) is 6.04 Å². The Balaban J connectivity index is 1.55. The lowest BCUT2D eigenvalue weighted by molar-refractivity contribution is 0.339. The molecule has 0 spiro atoms. The molecule has 2 N–H and O–H groups in total. The van der Waals surface area contributed by atoms with Gasteiger partial charge in [0.2, 0.25) is 5.88 Å². The van der Waals surface area contributed by atoms with E-state index >= 15 is 0 Å². The Morgan fingerprint density at radius 3 is 2.50 bits per heavy atom. The molecule has 4 rings (SSSR count). The van der Waals surface area contributed by atoms with Crippen LogP contribution in [0.25, 0.3) is 5.69 Å². The number of rotatable bonds is 8. The Morgan fingerprint density at radius 1 is 1.09 bits per heavy atom. The summed E-state index contributed by atoms with van der Waals surface area (Å²) in [6.45, 7) is 4.51. The molecule has 0 amide bonds. The molecule has 1 aliphatic rings. The van der Waals surface area contributed by atoms with E-state index in [1.807, 2.05) is 68.4 Å². The van der Waals surface area contributed by atoms with Gasteiger partial charge < -0.3 is 14.8 Å². The second-order valence-corrected chi connectivity index (χ2v) is 8.64. The van der Waals surface area contributed by atoms with Crippen LogP contribution < -0.4 is 20.2 Å². The van der Waals surface area contributed by atoms with Crippen LogP contribution in [0.4, 0.5) is 0 Å². The van der Waals surface area contributed by atoms with E-state index < -0.39 is 0 Å². The Kier molecular flexibility index (Phi) is 8.14. The number of para-hydroxylation sites is 1. The molecule has 2 aromatic carbocycles. The molecule has 1 saturated carbocycles. The Labute approximate surface area is 206 Å². The smallest absolute Gasteiger partial charge is 0.231 e. The van der Waals surface area contributed by atoms with Crippen molar-refractivity contribution in [2.24, 2.45) is 5.10 Å². The number of nitrogens with zero attached hydrogens (tertiary/aromatic N) is 3. The number of ether oxygens (including phenoxy) is 2. The highest BCUT2D eigenvalue weighted by Crippen LogP contribution is 2.30. The third-order valence-corrected chi connectivity index (χ3v) is 5.92. The lowest BCUT2D eigenvalue weighted by Crippen LogP contribution is -2.40. The predicted octanol–water partition coefficient (Wildman–Crippen LogP) is 5.50. The van der Waals surface area contributed by atoms with Crippen LogP contribution in [0.1, 0.15) is 50.3 Å². The van der Waals surface area contributed by atoms with Gasteiger partial charge in [-0.05, 0) is 75.3 Å². The van der Waals surface area contributed by atoms with Crippen LogP contribution in [0.3, 0.4) is 0 Å². The van der Waals surface area contributed by atoms with E-state index in [0.29, 0.717) is 29.4 Å². The van der Waals surface area contributed by atoms with Gasteiger partial charge in [-0.3, -0.25) is 5.43 Å². The number of nitrogens with one attached hydrogen (secondary N) is 2. The molecule has 0 bridgehead atoms. The van der Waals surface area contributed by atoms with Gasteiger partial charge in [0.25, 0.3) is 0 Å². The van der Waals surface area contributed by atoms with Gasteiger partial charge in [0.1, 0.15) is 11.5 Å². The third kappa shape index (κ3) is 6.14. The molecule has 0 saturated heterocycles. The number of hydrogen-bond donors (Lipinski definition) is 2. The summed E-state index contributed by atoms with van der Waals surface area (Å²) in [5, 5.41) is 13.0. The average Bonchev–Trinajstić information content (AvgIpc) is 3.16. The van der Waals surface area contributed by atoms with E-state index in [9.17, 15) is 0 Å². The number of benzene rings is 2. The lowest BCUT2D eigenvalue weighted by atomic mass is 9.96. The number of aryl methyl sites for hydroxylation is 1. The molecular formula is C26H31N5O2S. The first kappa shape index (κ1) is 23.8. The molecule has 3 aromatic rings. The highest BCUT2D eigenvalue weighted by molar-refractivity contribution is 7.80. The van der Waals surface area contributed by atoms with Gasteiger partial charge >= 0.3 is 0 Å². The molecule has 1 heterocycles. The van der Waals surface area contributed by atoms with Crippen molar-refractivity contribution in [2.75, 3.05) is 6.61 Å². The number of hydrogen-bond acceptors (Lipinski definition) is 5. The van der Waals surface area contributed by atoms with Crippen molar-refractivity contribution in [1.82, 2.24) is 20.5 Å². The van der Waals surface area contributed by atoms with Crippen molar-refractivity contribution >= 4 is 23.5 Å². The van der Waals surface area contributed by atoms with Gasteiger partial charge in [-0.15, -0.1) is 0 Å². The Bertz CT molecular complexity index is 1110. The lowest BCUT2D eigenvalue weighted by Gasteiger charge is -2.23. The number of aromatic nitrogens is 2. The fraction of sp³-hybridized carbons (Fsp3) is 0.346. The van der Waals surface area contributed by atoms with Crippen molar-refractivity contribution in [1.29, 1.82) is 0 Å². The molecule has 1 aromatic heterocycles. The molecule has 34 heavy (non-hydrogen) atoms. The molecule has 0 aliphatic heterocycles. The highest BCUT2D eigenvalue weighted by Gasteiger charge is 2.18. The minimum atomic E-state index is 0.421. The molecule has 0 unspecified atom stereocenters. The molecule has 8 heteroatoms. The quantitative estimate of drug-likeness (QED) is 0.253. The SMILES string of the molecule is CCOc1ccc(Oc2c(/C=N\NC(=S)NC3CCCCC3)c(C)nn2-c2ccccc2)cc1. The van der Waals surface area contributed by atoms with Crippen molar-refractivity contribution in [2.45, 2.75) is 52.0 Å². The summed E-state index contributed by atoms with van der Waals surface area (Å²) in [7, 11) is 0. The normalized spacial score (nSPS) is 14.2. The fourth-order valence-corrected chi connectivity index (χ4v) is 4.23. The van der Waals surface area contributed by atoms with Crippen LogP contribution in [0.15, 0.2) is 59.7 Å². The first-order valence-electron chi connectivity index (χ1n) is 11.8. The number of thiocarbonyl (C=S) groups is 1. The maximum absolute atomic E-state index is 6.31. The largest absolute Gasteiger partial charge is 0.494 e. The van der Waals surface area contributed by atoms with E-state index in [4.69, 9.17) is 26.8 Å². The standard InChI is InChI=1S/C26H31N5O2S/c1-3-32-22-14-16-23(17-15-22)33-25-24(19(2)30-31(25)21-12-8-5-9-13-21)18-27-29-26(34)28-20-10-6-4-7-11-20/h5,8-9,12-18,20H,3-4,6-7,10-11H2,1-2H3,(H2,28,29,34)/b27-18-. The van der Waals surface area contributed by atoms with Crippen LogP contribution in [0.2, 0.25) is 0 Å². The first-order chi connectivity index (χ1) is 16.6. The topological polar surface area (TPSA) is 72.7 Å². The van der Waals surface area contributed by atoms with E-state index in [0.717, 1.165) is 35.5 Å². The molecular weight excluding hydrogens is 446 g/mol. The number of hydrazone groups is 1. The van der Waals surface area contributed by atoms with Gasteiger partial charge in [-0.2, -0.15) is 14.9 Å². The van der Waals surface area contributed by atoms with Gasteiger partial charge in [-0.1, -0.05) is 37.5 Å². The zero-order valence-electron chi connectivity index (χ0n) is 19.7. The molecule has 1 aliphatic carbocycles. The molecule has 0 atom stereocenters. The van der Waals surface area contributed by atoms with Crippen molar-refractivity contribution in [3.8, 4) is 23.1 Å². The maximum Gasteiger partial charge on any atom is 0.231 e. The molecule has 178 valence electrons. The highest BCUT2D eigenvalue weighted by atomic mass is 32.1. The van der Waals surface area contributed by atoms with Gasteiger partial charge in [-0.25, -0.2) is 0 Å². The second kappa shape index (κ2) is 11.7. The van der Waals surface area contributed by atoms with E-state index in [1.54, 1.807) is 10.9 Å². The fourth-order valence-electron chi connectivity index (χ4n) is 4.01. The molecule has 1 fully saturated rings. The van der Waals surface area contributed by atoms with Crippen LogP contribution >= 0.6 is 12.2 Å². The van der Waals surface area contributed by atoms with Crippen LogP contribution in [0.5, 0.6) is 17.4 Å². The summed E-state index contributed by atoms with van der Waals surface area (Å²) in [5.41, 5.74) is 5.41. The third-order valence-electron chi connectivity index (χ3n) is 5.71.